The number of ether oxygens (including phenoxy) is 1. The molecule has 1 aromatic heterocycles. The molecule has 0 aromatic carbocycles. The highest BCUT2D eigenvalue weighted by molar-refractivity contribution is 6.55. The Morgan fingerprint density at radius 1 is 1.64 bits per heavy atom. The first-order valence-electron chi connectivity index (χ1n) is 4.77. The maximum absolute atomic E-state index is 10.5. The molecule has 0 saturated heterocycles. The number of carbonyl (C=O) groups excluding carboxylic acids is 1. The SMILES string of the molecule is C[SiH](C)CCOCn1cncc1C=O. The summed E-state index contributed by atoms with van der Waals surface area (Å²) in [7, 11) is -0.520. The van der Waals surface area contributed by atoms with Gasteiger partial charge in [0, 0.05) is 15.4 Å². The normalized spacial score (nSPS) is 10.8. The smallest absolute Gasteiger partial charge is 0.168 e. The molecule has 0 aliphatic carbocycles. The lowest BCUT2D eigenvalue weighted by molar-refractivity contribution is 0.0838. The molecule has 0 fully saturated rings. The first kappa shape index (κ1) is 11.1. The van der Waals surface area contributed by atoms with Crippen LogP contribution in [0.4, 0.5) is 0 Å². The molecule has 5 heteroatoms. The zero-order valence-electron chi connectivity index (χ0n) is 8.64. The largest absolute Gasteiger partial charge is 0.361 e. The van der Waals surface area contributed by atoms with Gasteiger partial charge in [-0.25, -0.2) is 4.98 Å². The molecule has 78 valence electrons. The lowest BCUT2D eigenvalue weighted by Crippen LogP contribution is -2.09. The van der Waals surface area contributed by atoms with Crippen molar-refractivity contribution in [2.45, 2.75) is 25.9 Å². The van der Waals surface area contributed by atoms with Crippen molar-refractivity contribution in [2.24, 2.45) is 0 Å². The summed E-state index contributed by atoms with van der Waals surface area (Å²) in [5, 5.41) is 0. The predicted molar refractivity (Wildman–Crippen MR) is 57.3 cm³/mol. The Balaban J connectivity index is 2.27. The van der Waals surface area contributed by atoms with Gasteiger partial charge in [0.25, 0.3) is 0 Å². The van der Waals surface area contributed by atoms with Crippen molar-refractivity contribution >= 4 is 15.1 Å². The van der Waals surface area contributed by atoms with E-state index in [4.69, 9.17) is 4.74 Å². The van der Waals surface area contributed by atoms with Gasteiger partial charge >= 0.3 is 0 Å². The zero-order chi connectivity index (χ0) is 10.4. The van der Waals surface area contributed by atoms with Crippen molar-refractivity contribution in [1.29, 1.82) is 0 Å². The predicted octanol–water partition coefficient (Wildman–Crippen LogP) is 1.16. The van der Waals surface area contributed by atoms with Crippen LogP contribution in [-0.2, 0) is 11.5 Å². The summed E-state index contributed by atoms with van der Waals surface area (Å²) in [5.74, 6) is 0. The second kappa shape index (κ2) is 5.72. The van der Waals surface area contributed by atoms with Crippen molar-refractivity contribution in [3.05, 3.63) is 18.2 Å². The van der Waals surface area contributed by atoms with Crippen LogP contribution in [0.5, 0.6) is 0 Å². The highest BCUT2D eigenvalue weighted by Gasteiger charge is 2.00. The van der Waals surface area contributed by atoms with Gasteiger partial charge in [-0.3, -0.25) is 4.79 Å². The summed E-state index contributed by atoms with van der Waals surface area (Å²) in [6, 6.07) is 1.17. The third-order valence-corrected chi connectivity index (χ3v) is 3.33. The van der Waals surface area contributed by atoms with Gasteiger partial charge in [-0.05, 0) is 6.04 Å². The molecule has 1 heterocycles. The van der Waals surface area contributed by atoms with Crippen molar-refractivity contribution in [3.8, 4) is 0 Å². The molecule has 1 aromatic rings. The summed E-state index contributed by atoms with van der Waals surface area (Å²) >= 11 is 0. The van der Waals surface area contributed by atoms with Crippen LogP contribution in [-0.4, -0.2) is 31.2 Å². The van der Waals surface area contributed by atoms with Crippen LogP contribution >= 0.6 is 0 Å². The molecule has 14 heavy (non-hydrogen) atoms. The first-order chi connectivity index (χ1) is 6.74. The number of aromatic nitrogens is 2. The molecular formula is C9H16N2O2Si. The minimum absolute atomic E-state index is 0.426. The van der Waals surface area contributed by atoms with E-state index in [1.54, 1.807) is 10.9 Å². The van der Waals surface area contributed by atoms with Gasteiger partial charge in [0.2, 0.25) is 0 Å². The van der Waals surface area contributed by atoms with Crippen LogP contribution in [0, 0.1) is 0 Å². The minimum Gasteiger partial charge on any atom is -0.361 e. The van der Waals surface area contributed by atoms with Crippen molar-refractivity contribution in [3.63, 3.8) is 0 Å². The molecule has 0 saturated carbocycles. The molecule has 0 unspecified atom stereocenters. The highest BCUT2D eigenvalue weighted by Crippen LogP contribution is 1.98. The fourth-order valence-electron chi connectivity index (χ4n) is 1.02. The zero-order valence-corrected chi connectivity index (χ0v) is 9.80. The Bertz CT molecular complexity index is 286. The van der Waals surface area contributed by atoms with E-state index >= 15 is 0 Å². The quantitative estimate of drug-likeness (QED) is 0.404. The number of imidazole rings is 1. The van der Waals surface area contributed by atoms with E-state index in [1.807, 2.05) is 0 Å². The van der Waals surface area contributed by atoms with E-state index in [0.717, 1.165) is 12.9 Å². The van der Waals surface area contributed by atoms with Crippen molar-refractivity contribution < 1.29 is 9.53 Å². The Morgan fingerprint density at radius 2 is 2.43 bits per heavy atom. The summed E-state index contributed by atoms with van der Waals surface area (Å²) in [4.78, 5) is 14.4. The second-order valence-corrected chi connectivity index (χ2v) is 6.99. The lowest BCUT2D eigenvalue weighted by atomic mass is 10.5. The summed E-state index contributed by atoms with van der Waals surface area (Å²) in [6.07, 6.45) is 3.93. The fourth-order valence-corrected chi connectivity index (χ4v) is 1.66. The van der Waals surface area contributed by atoms with Crippen LogP contribution in [0.2, 0.25) is 19.1 Å². The van der Waals surface area contributed by atoms with Gasteiger partial charge in [0.15, 0.2) is 6.29 Å². The highest BCUT2D eigenvalue weighted by atomic mass is 28.3. The van der Waals surface area contributed by atoms with Crippen molar-refractivity contribution in [1.82, 2.24) is 9.55 Å². The molecule has 0 aliphatic rings. The van der Waals surface area contributed by atoms with Gasteiger partial charge in [0.05, 0.1) is 12.5 Å². The van der Waals surface area contributed by atoms with E-state index in [-0.39, 0.29) is 0 Å². The molecule has 0 aliphatic heterocycles. The summed E-state index contributed by atoms with van der Waals surface area (Å²) in [6.45, 7) is 5.78. The van der Waals surface area contributed by atoms with E-state index in [0.29, 0.717) is 12.4 Å². The number of hydrogen-bond acceptors (Lipinski definition) is 3. The van der Waals surface area contributed by atoms with Crippen LogP contribution in [0.25, 0.3) is 0 Å². The molecule has 0 N–H and O–H groups in total. The Hall–Kier alpha value is -0.943. The Morgan fingerprint density at radius 3 is 3.07 bits per heavy atom. The monoisotopic (exact) mass is 212 g/mol. The fraction of sp³-hybridized carbons (Fsp3) is 0.556. The molecule has 1 rings (SSSR count). The second-order valence-electron chi connectivity index (χ2n) is 3.63. The number of hydrogen-bond donors (Lipinski definition) is 0. The average molecular weight is 212 g/mol. The first-order valence-corrected chi connectivity index (χ1v) is 7.89. The topological polar surface area (TPSA) is 44.1 Å². The van der Waals surface area contributed by atoms with Gasteiger partial charge in [-0.15, -0.1) is 0 Å². The third-order valence-electron chi connectivity index (χ3n) is 1.94. The van der Waals surface area contributed by atoms with E-state index in [9.17, 15) is 4.79 Å². The molecule has 0 radical (unpaired) electrons. The number of nitrogens with zero attached hydrogens (tertiary/aromatic N) is 2. The summed E-state index contributed by atoms with van der Waals surface area (Å²) in [5.41, 5.74) is 0.562. The van der Waals surface area contributed by atoms with Gasteiger partial charge in [-0.1, -0.05) is 13.1 Å². The van der Waals surface area contributed by atoms with Crippen molar-refractivity contribution in [2.75, 3.05) is 6.61 Å². The Kier molecular flexibility index (Phi) is 4.55. The van der Waals surface area contributed by atoms with E-state index < -0.39 is 8.80 Å². The molecule has 0 bridgehead atoms. The number of aldehydes is 1. The molecule has 0 spiro atoms. The molecule has 0 atom stereocenters. The standard InChI is InChI=1S/C9H16N2O2Si/c1-14(2)4-3-13-8-11-7-10-5-9(11)6-12/h5-7,14H,3-4,8H2,1-2H3. The third kappa shape index (κ3) is 3.43. The van der Waals surface area contributed by atoms with E-state index in [2.05, 4.69) is 18.1 Å². The lowest BCUT2D eigenvalue weighted by Gasteiger charge is -2.07. The van der Waals surface area contributed by atoms with E-state index in [1.165, 1.54) is 12.2 Å². The van der Waals surface area contributed by atoms with Gasteiger partial charge in [0.1, 0.15) is 12.4 Å². The maximum Gasteiger partial charge on any atom is 0.168 e. The molecule has 4 nitrogen and oxygen atoms in total. The number of rotatable bonds is 6. The summed E-state index contributed by atoms with van der Waals surface area (Å²) < 4.78 is 7.13. The van der Waals surface area contributed by atoms with Gasteiger partial charge < -0.3 is 9.30 Å². The minimum atomic E-state index is -0.520. The van der Waals surface area contributed by atoms with Crippen LogP contribution in [0.3, 0.4) is 0 Å². The van der Waals surface area contributed by atoms with Crippen LogP contribution < -0.4 is 0 Å². The number of carbonyl (C=O) groups is 1. The average Bonchev–Trinajstić information content (AvgIpc) is 2.59. The van der Waals surface area contributed by atoms with Crippen LogP contribution in [0.1, 0.15) is 10.5 Å². The maximum atomic E-state index is 10.5. The molecular weight excluding hydrogens is 196 g/mol. The van der Waals surface area contributed by atoms with Gasteiger partial charge in [-0.2, -0.15) is 0 Å². The Labute approximate surface area is 85.5 Å². The van der Waals surface area contributed by atoms with Crippen LogP contribution in [0.15, 0.2) is 12.5 Å². The molecule has 0 amide bonds.